The number of esters is 1. The smallest absolute Gasteiger partial charge is 0.350 e. The number of nitrogens with one attached hydrogen (secondary N) is 1. The van der Waals surface area contributed by atoms with E-state index in [1.807, 2.05) is 13.8 Å². The maximum atomic E-state index is 11.8. The number of rotatable bonds is 5. The van der Waals surface area contributed by atoms with Gasteiger partial charge in [0.25, 0.3) is 0 Å². The summed E-state index contributed by atoms with van der Waals surface area (Å²) in [6, 6.07) is 0.393. The minimum absolute atomic E-state index is 0.275. The maximum Gasteiger partial charge on any atom is 0.350 e. The Morgan fingerprint density at radius 3 is 3.00 bits per heavy atom. The van der Waals surface area contributed by atoms with Crippen LogP contribution in [0.5, 0.6) is 0 Å². The topological polar surface area (TPSA) is 60.5 Å². The molecule has 3 rings (SSSR count). The molecule has 5 nitrogen and oxygen atoms in total. The zero-order valence-electron chi connectivity index (χ0n) is 12.6. The van der Waals surface area contributed by atoms with E-state index in [1.165, 1.54) is 24.2 Å². The lowest BCUT2D eigenvalue weighted by Gasteiger charge is -2.30. The van der Waals surface area contributed by atoms with Crippen molar-refractivity contribution in [3.8, 4) is 0 Å². The highest BCUT2D eigenvalue weighted by Crippen LogP contribution is 2.38. The molecule has 0 amide bonds. The fourth-order valence-electron chi connectivity index (χ4n) is 2.77. The lowest BCUT2D eigenvalue weighted by Crippen LogP contribution is -2.35. The normalized spacial score (nSPS) is 25.6. The van der Waals surface area contributed by atoms with Crippen LogP contribution < -0.4 is 5.32 Å². The SMILES string of the molecule is CCOC(=O)c1sc(NC2CCOC(C3CC3)C2)nc1C. The molecule has 21 heavy (non-hydrogen) atoms. The highest BCUT2D eigenvalue weighted by atomic mass is 32.1. The average molecular weight is 310 g/mol. The second-order valence-corrected chi connectivity index (χ2v) is 6.77. The number of aryl methyl sites for hydroxylation is 1. The lowest BCUT2D eigenvalue weighted by atomic mass is 10.0. The zero-order chi connectivity index (χ0) is 14.8. The number of nitrogens with zero attached hydrogens (tertiary/aromatic N) is 1. The first-order chi connectivity index (χ1) is 10.2. The summed E-state index contributed by atoms with van der Waals surface area (Å²) < 4.78 is 10.9. The van der Waals surface area contributed by atoms with Gasteiger partial charge in [-0.05, 0) is 45.4 Å². The Bertz CT molecular complexity index is 513. The van der Waals surface area contributed by atoms with Crippen molar-refractivity contribution in [2.24, 2.45) is 5.92 Å². The molecule has 1 aromatic rings. The third-order valence-electron chi connectivity index (χ3n) is 4.05. The Kier molecular flexibility index (Phi) is 4.45. The van der Waals surface area contributed by atoms with Gasteiger partial charge in [-0.3, -0.25) is 0 Å². The number of carbonyl (C=O) groups is 1. The summed E-state index contributed by atoms with van der Waals surface area (Å²) in [6.07, 6.45) is 5.05. The van der Waals surface area contributed by atoms with Crippen LogP contribution in [0.1, 0.15) is 48.0 Å². The summed E-state index contributed by atoms with van der Waals surface area (Å²) >= 11 is 1.39. The average Bonchev–Trinajstić information content (AvgIpc) is 3.24. The fraction of sp³-hybridized carbons (Fsp3) is 0.733. The molecule has 0 aromatic carbocycles. The number of hydrogen-bond donors (Lipinski definition) is 1. The molecule has 1 aliphatic heterocycles. The first kappa shape index (κ1) is 14.8. The van der Waals surface area contributed by atoms with Gasteiger partial charge < -0.3 is 14.8 Å². The predicted molar refractivity (Wildman–Crippen MR) is 81.9 cm³/mol. The van der Waals surface area contributed by atoms with Crippen molar-refractivity contribution in [2.45, 2.75) is 51.7 Å². The number of anilines is 1. The van der Waals surface area contributed by atoms with Gasteiger partial charge in [0.05, 0.1) is 18.4 Å². The number of thiazole rings is 1. The zero-order valence-corrected chi connectivity index (χ0v) is 13.4. The van der Waals surface area contributed by atoms with E-state index in [1.54, 1.807) is 0 Å². The first-order valence-corrected chi connectivity index (χ1v) is 8.51. The molecule has 1 N–H and O–H groups in total. The van der Waals surface area contributed by atoms with E-state index in [-0.39, 0.29) is 5.97 Å². The molecule has 2 aliphatic rings. The minimum Gasteiger partial charge on any atom is -0.462 e. The molecule has 2 fully saturated rings. The largest absolute Gasteiger partial charge is 0.462 e. The highest BCUT2D eigenvalue weighted by molar-refractivity contribution is 7.17. The van der Waals surface area contributed by atoms with Gasteiger partial charge >= 0.3 is 5.97 Å². The van der Waals surface area contributed by atoms with Gasteiger partial charge in [-0.1, -0.05) is 11.3 Å². The number of aromatic nitrogens is 1. The Balaban J connectivity index is 1.61. The minimum atomic E-state index is -0.275. The molecule has 116 valence electrons. The third-order valence-corrected chi connectivity index (χ3v) is 5.12. The number of hydrogen-bond acceptors (Lipinski definition) is 6. The van der Waals surface area contributed by atoms with E-state index in [0.717, 1.165) is 36.2 Å². The highest BCUT2D eigenvalue weighted by Gasteiger charge is 2.36. The first-order valence-electron chi connectivity index (χ1n) is 7.70. The molecule has 0 spiro atoms. The summed E-state index contributed by atoms with van der Waals surface area (Å²) in [4.78, 5) is 16.9. The molecular formula is C15H22N2O3S. The molecule has 1 saturated carbocycles. The predicted octanol–water partition coefficient (Wildman–Crippen LogP) is 3.00. The summed E-state index contributed by atoms with van der Waals surface area (Å²) in [5.74, 6) is 0.492. The molecule has 6 heteroatoms. The van der Waals surface area contributed by atoms with Crippen LogP contribution >= 0.6 is 11.3 Å². The Hall–Kier alpha value is -1.14. The lowest BCUT2D eigenvalue weighted by molar-refractivity contribution is -0.00219. The molecule has 0 bridgehead atoms. The Morgan fingerprint density at radius 1 is 1.48 bits per heavy atom. The molecule has 2 heterocycles. The van der Waals surface area contributed by atoms with Crippen LogP contribution in [0.2, 0.25) is 0 Å². The van der Waals surface area contributed by atoms with Crippen molar-refractivity contribution in [3.63, 3.8) is 0 Å². The van der Waals surface area contributed by atoms with Crippen molar-refractivity contribution < 1.29 is 14.3 Å². The van der Waals surface area contributed by atoms with Crippen molar-refractivity contribution in [1.82, 2.24) is 4.98 Å². The molecule has 1 aromatic heterocycles. The van der Waals surface area contributed by atoms with E-state index in [9.17, 15) is 4.79 Å². The van der Waals surface area contributed by atoms with Crippen LogP contribution in [0.3, 0.4) is 0 Å². The molecule has 0 radical (unpaired) electrons. The van der Waals surface area contributed by atoms with Gasteiger partial charge in [0.1, 0.15) is 4.88 Å². The second-order valence-electron chi connectivity index (χ2n) is 5.77. The quantitative estimate of drug-likeness (QED) is 0.847. The molecular weight excluding hydrogens is 288 g/mol. The van der Waals surface area contributed by atoms with Gasteiger partial charge in [-0.2, -0.15) is 0 Å². The van der Waals surface area contributed by atoms with Gasteiger partial charge in [0, 0.05) is 12.6 Å². The second kappa shape index (κ2) is 6.32. The Morgan fingerprint density at radius 2 is 2.29 bits per heavy atom. The van der Waals surface area contributed by atoms with Gasteiger partial charge in [-0.25, -0.2) is 9.78 Å². The summed E-state index contributed by atoms with van der Waals surface area (Å²) in [7, 11) is 0. The molecule has 1 saturated heterocycles. The third kappa shape index (κ3) is 3.55. The summed E-state index contributed by atoms with van der Waals surface area (Å²) in [6.45, 7) is 4.87. The van der Waals surface area contributed by atoms with Crippen LogP contribution in [0, 0.1) is 12.8 Å². The van der Waals surface area contributed by atoms with Crippen LogP contribution in [-0.2, 0) is 9.47 Å². The molecule has 2 atom stereocenters. The van der Waals surface area contributed by atoms with Gasteiger partial charge in [0.15, 0.2) is 5.13 Å². The van der Waals surface area contributed by atoms with E-state index in [2.05, 4.69) is 10.3 Å². The van der Waals surface area contributed by atoms with E-state index < -0.39 is 0 Å². The molecule has 2 unspecified atom stereocenters. The van der Waals surface area contributed by atoms with Crippen LogP contribution in [-0.4, -0.2) is 36.3 Å². The number of ether oxygens (including phenoxy) is 2. The van der Waals surface area contributed by atoms with Crippen LogP contribution in [0.4, 0.5) is 5.13 Å². The summed E-state index contributed by atoms with van der Waals surface area (Å²) in [5, 5.41) is 4.29. The van der Waals surface area contributed by atoms with Crippen molar-refractivity contribution in [1.29, 1.82) is 0 Å². The van der Waals surface area contributed by atoms with E-state index >= 15 is 0 Å². The van der Waals surface area contributed by atoms with E-state index in [0.29, 0.717) is 23.6 Å². The maximum absolute atomic E-state index is 11.8. The van der Waals surface area contributed by atoms with Crippen LogP contribution in [0.15, 0.2) is 0 Å². The summed E-state index contributed by atoms with van der Waals surface area (Å²) in [5.41, 5.74) is 0.742. The van der Waals surface area contributed by atoms with Crippen LogP contribution in [0.25, 0.3) is 0 Å². The van der Waals surface area contributed by atoms with Gasteiger partial charge in [-0.15, -0.1) is 0 Å². The monoisotopic (exact) mass is 310 g/mol. The fourth-order valence-corrected chi connectivity index (χ4v) is 3.71. The van der Waals surface area contributed by atoms with E-state index in [4.69, 9.17) is 9.47 Å². The number of carbonyl (C=O) groups excluding carboxylic acids is 1. The van der Waals surface area contributed by atoms with Crippen molar-refractivity contribution in [3.05, 3.63) is 10.6 Å². The Labute approximate surface area is 129 Å². The van der Waals surface area contributed by atoms with Crippen molar-refractivity contribution >= 4 is 22.4 Å². The molecule has 1 aliphatic carbocycles. The van der Waals surface area contributed by atoms with Gasteiger partial charge in [0.2, 0.25) is 0 Å². The standard InChI is InChI=1S/C15H22N2O3S/c1-3-19-14(18)13-9(2)16-15(21-13)17-11-6-7-20-12(8-11)10-4-5-10/h10-12H,3-8H2,1-2H3,(H,16,17). The van der Waals surface area contributed by atoms with Crippen molar-refractivity contribution in [2.75, 3.05) is 18.5 Å².